The second-order valence-electron chi connectivity index (χ2n) is 5.82. The molecule has 2 aromatic heterocycles. The molecule has 0 amide bonds. The monoisotopic (exact) mass is 359 g/mol. The van der Waals surface area contributed by atoms with Gasteiger partial charge in [-0.05, 0) is 37.0 Å². The SMILES string of the molecule is O=S(=O)(CCNc1ncnc2sc3c(c12)CCC3)c1ccccc1. The Morgan fingerprint density at radius 2 is 1.96 bits per heavy atom. The first-order chi connectivity index (χ1) is 11.6. The van der Waals surface area contributed by atoms with Crippen LogP contribution in [0.25, 0.3) is 10.2 Å². The van der Waals surface area contributed by atoms with Gasteiger partial charge in [0.15, 0.2) is 9.84 Å². The highest BCUT2D eigenvalue weighted by Gasteiger charge is 2.21. The highest BCUT2D eigenvalue weighted by Crippen LogP contribution is 2.38. The third kappa shape index (κ3) is 2.78. The molecule has 0 saturated heterocycles. The molecular formula is C17H17N3O2S2. The largest absolute Gasteiger partial charge is 0.368 e. The van der Waals surface area contributed by atoms with E-state index in [1.165, 1.54) is 16.9 Å². The molecule has 1 aliphatic carbocycles. The van der Waals surface area contributed by atoms with Gasteiger partial charge < -0.3 is 5.32 Å². The third-order valence-electron chi connectivity index (χ3n) is 4.27. The van der Waals surface area contributed by atoms with Crippen molar-refractivity contribution in [3.05, 3.63) is 47.1 Å². The first-order valence-corrected chi connectivity index (χ1v) is 10.4. The first kappa shape index (κ1) is 15.5. The predicted molar refractivity (Wildman–Crippen MR) is 96.4 cm³/mol. The zero-order valence-electron chi connectivity index (χ0n) is 13.0. The molecule has 1 aliphatic rings. The molecule has 0 unspecified atom stereocenters. The van der Waals surface area contributed by atoms with E-state index in [4.69, 9.17) is 0 Å². The minimum absolute atomic E-state index is 0.0365. The molecule has 5 nitrogen and oxygen atoms in total. The topological polar surface area (TPSA) is 72.0 Å². The van der Waals surface area contributed by atoms with Crippen LogP contribution in [-0.4, -0.2) is 30.7 Å². The van der Waals surface area contributed by atoms with Gasteiger partial charge in [0.1, 0.15) is 17.0 Å². The maximum absolute atomic E-state index is 12.4. The minimum atomic E-state index is -3.29. The number of anilines is 1. The van der Waals surface area contributed by atoms with Gasteiger partial charge in [0.25, 0.3) is 0 Å². The van der Waals surface area contributed by atoms with Crippen LogP contribution in [0.4, 0.5) is 5.82 Å². The number of nitrogens with one attached hydrogen (secondary N) is 1. The summed E-state index contributed by atoms with van der Waals surface area (Å²) in [7, 11) is -3.29. The lowest BCUT2D eigenvalue weighted by molar-refractivity contribution is 0.596. The summed E-state index contributed by atoms with van der Waals surface area (Å²) in [5.41, 5.74) is 1.34. The molecule has 0 spiro atoms. The van der Waals surface area contributed by atoms with Gasteiger partial charge in [-0.3, -0.25) is 0 Å². The number of aromatic nitrogens is 2. The van der Waals surface area contributed by atoms with Gasteiger partial charge in [0.05, 0.1) is 16.0 Å². The number of nitrogens with zero attached hydrogens (tertiary/aromatic N) is 2. The second kappa shape index (κ2) is 6.14. The first-order valence-electron chi connectivity index (χ1n) is 7.92. The fourth-order valence-electron chi connectivity index (χ4n) is 3.11. The van der Waals surface area contributed by atoms with E-state index >= 15 is 0 Å². The highest BCUT2D eigenvalue weighted by atomic mass is 32.2. The molecule has 1 N–H and O–H groups in total. The number of hydrogen-bond acceptors (Lipinski definition) is 6. The van der Waals surface area contributed by atoms with Gasteiger partial charge in [-0.1, -0.05) is 18.2 Å². The van der Waals surface area contributed by atoms with Crippen molar-refractivity contribution in [1.82, 2.24) is 9.97 Å². The summed E-state index contributed by atoms with van der Waals surface area (Å²) in [5.74, 6) is 0.789. The van der Waals surface area contributed by atoms with Crippen molar-refractivity contribution in [3.63, 3.8) is 0 Å². The molecule has 2 heterocycles. The van der Waals surface area contributed by atoms with Crippen LogP contribution in [0, 0.1) is 0 Å². The van der Waals surface area contributed by atoms with Crippen molar-refractivity contribution in [2.24, 2.45) is 0 Å². The van der Waals surface area contributed by atoms with Crippen LogP contribution in [0.3, 0.4) is 0 Å². The maximum Gasteiger partial charge on any atom is 0.180 e. The number of sulfone groups is 1. The minimum Gasteiger partial charge on any atom is -0.368 e. The predicted octanol–water partition coefficient (Wildman–Crippen LogP) is 3.07. The summed E-state index contributed by atoms with van der Waals surface area (Å²) < 4.78 is 24.7. The van der Waals surface area contributed by atoms with E-state index in [1.807, 2.05) is 6.07 Å². The molecule has 4 rings (SSSR count). The third-order valence-corrected chi connectivity index (χ3v) is 7.20. The normalized spacial score (nSPS) is 14.0. The van der Waals surface area contributed by atoms with Gasteiger partial charge in [0, 0.05) is 11.4 Å². The van der Waals surface area contributed by atoms with Crippen molar-refractivity contribution >= 4 is 37.2 Å². The summed E-state index contributed by atoms with van der Waals surface area (Å²) in [6.45, 7) is 0.327. The van der Waals surface area contributed by atoms with Crippen LogP contribution in [0.5, 0.6) is 0 Å². The molecule has 24 heavy (non-hydrogen) atoms. The Morgan fingerprint density at radius 1 is 1.12 bits per heavy atom. The Morgan fingerprint density at radius 3 is 2.79 bits per heavy atom. The van der Waals surface area contributed by atoms with Crippen molar-refractivity contribution in [2.75, 3.05) is 17.6 Å². The summed E-state index contributed by atoms with van der Waals surface area (Å²) in [4.78, 5) is 11.4. The quantitative estimate of drug-likeness (QED) is 0.758. The van der Waals surface area contributed by atoms with Gasteiger partial charge in [-0.15, -0.1) is 11.3 Å². The number of benzene rings is 1. The van der Waals surface area contributed by atoms with Gasteiger partial charge in [-0.2, -0.15) is 0 Å². The van der Waals surface area contributed by atoms with Crippen molar-refractivity contribution in [1.29, 1.82) is 0 Å². The van der Waals surface area contributed by atoms with Crippen LogP contribution in [-0.2, 0) is 22.7 Å². The standard InChI is InChI=1S/C17H17N3O2S2/c21-24(22,12-5-2-1-3-6-12)10-9-18-16-15-13-7-4-8-14(13)23-17(15)20-11-19-16/h1-3,5-6,11H,4,7-10H2,(H,18,19,20). The smallest absolute Gasteiger partial charge is 0.180 e. The fraction of sp³-hybridized carbons (Fsp3) is 0.294. The number of aryl methyl sites for hydroxylation is 2. The van der Waals surface area contributed by atoms with Gasteiger partial charge in [-0.25, -0.2) is 18.4 Å². The number of rotatable bonds is 5. The van der Waals surface area contributed by atoms with Crippen LogP contribution in [0.1, 0.15) is 16.9 Å². The highest BCUT2D eigenvalue weighted by molar-refractivity contribution is 7.91. The summed E-state index contributed by atoms with van der Waals surface area (Å²) in [6.07, 6.45) is 4.88. The average molecular weight is 359 g/mol. The Balaban J connectivity index is 1.54. The number of fused-ring (bicyclic) bond motifs is 3. The zero-order valence-corrected chi connectivity index (χ0v) is 14.7. The number of thiophene rings is 1. The van der Waals surface area contributed by atoms with E-state index in [1.54, 1.807) is 41.9 Å². The van der Waals surface area contributed by atoms with E-state index in [2.05, 4.69) is 15.3 Å². The summed E-state index contributed by atoms with van der Waals surface area (Å²) >= 11 is 1.73. The molecule has 7 heteroatoms. The molecule has 0 aliphatic heterocycles. The molecule has 124 valence electrons. The zero-order chi connectivity index (χ0) is 16.6. The van der Waals surface area contributed by atoms with E-state index in [0.29, 0.717) is 11.4 Å². The van der Waals surface area contributed by atoms with Crippen LogP contribution in [0.2, 0.25) is 0 Å². The average Bonchev–Trinajstić information content (AvgIpc) is 3.16. The summed E-state index contributed by atoms with van der Waals surface area (Å²) in [5, 5.41) is 4.28. The molecule has 0 bridgehead atoms. The Hall–Kier alpha value is -1.99. The Labute approximate surface area is 144 Å². The van der Waals surface area contributed by atoms with Crippen LogP contribution < -0.4 is 5.32 Å². The second-order valence-corrected chi connectivity index (χ2v) is 9.01. The van der Waals surface area contributed by atoms with Crippen molar-refractivity contribution in [2.45, 2.75) is 24.2 Å². The molecule has 3 aromatic rings. The lowest BCUT2D eigenvalue weighted by atomic mass is 10.2. The summed E-state index contributed by atoms with van der Waals surface area (Å²) in [6, 6.07) is 8.55. The van der Waals surface area contributed by atoms with E-state index in [0.717, 1.165) is 28.9 Å². The Bertz CT molecular complexity index is 982. The van der Waals surface area contributed by atoms with Gasteiger partial charge in [0.2, 0.25) is 0 Å². The molecule has 0 atom stereocenters. The fourth-order valence-corrected chi connectivity index (χ4v) is 5.52. The van der Waals surface area contributed by atoms with E-state index in [-0.39, 0.29) is 5.75 Å². The number of hydrogen-bond donors (Lipinski definition) is 1. The molecule has 1 aromatic carbocycles. The van der Waals surface area contributed by atoms with E-state index in [9.17, 15) is 8.42 Å². The van der Waals surface area contributed by atoms with E-state index < -0.39 is 9.84 Å². The van der Waals surface area contributed by atoms with Gasteiger partial charge >= 0.3 is 0 Å². The molecule has 0 radical (unpaired) electrons. The Kier molecular flexibility index (Phi) is 3.97. The molecule has 0 fully saturated rings. The lowest BCUT2D eigenvalue weighted by Crippen LogP contribution is -2.16. The lowest BCUT2D eigenvalue weighted by Gasteiger charge is -2.08. The van der Waals surface area contributed by atoms with Crippen molar-refractivity contribution < 1.29 is 8.42 Å². The van der Waals surface area contributed by atoms with Crippen LogP contribution in [0.15, 0.2) is 41.6 Å². The maximum atomic E-state index is 12.4. The molecular weight excluding hydrogens is 342 g/mol. The van der Waals surface area contributed by atoms with Crippen molar-refractivity contribution in [3.8, 4) is 0 Å². The van der Waals surface area contributed by atoms with Crippen LogP contribution >= 0.6 is 11.3 Å². The molecule has 0 saturated carbocycles.